The van der Waals surface area contributed by atoms with Gasteiger partial charge in [-0.2, -0.15) is 0 Å². The molecule has 2 aromatic carbocycles. The number of hydrogen-bond donors (Lipinski definition) is 2. The number of thioether (sulfide) groups is 1. The lowest BCUT2D eigenvalue weighted by Crippen LogP contribution is -2.28. The zero-order valence-corrected chi connectivity index (χ0v) is 16.7. The van der Waals surface area contributed by atoms with E-state index < -0.39 is 5.25 Å². The number of nitrogens with one attached hydrogen (secondary N) is 2. The Bertz CT molecular complexity index is 917. The maximum Gasteiger partial charge on any atom is 0.240 e. The van der Waals surface area contributed by atoms with E-state index in [4.69, 9.17) is 0 Å². The Balaban J connectivity index is 1.66. The Morgan fingerprint density at radius 1 is 1.07 bits per heavy atom. The summed E-state index contributed by atoms with van der Waals surface area (Å²) < 4.78 is 0. The van der Waals surface area contributed by atoms with Gasteiger partial charge >= 0.3 is 0 Å². The van der Waals surface area contributed by atoms with Crippen molar-refractivity contribution in [2.24, 2.45) is 4.99 Å². The summed E-state index contributed by atoms with van der Waals surface area (Å²) in [5.41, 5.74) is 5.96. The normalized spacial score (nSPS) is 17.9. The second-order valence-electron chi connectivity index (χ2n) is 6.80. The molecule has 0 spiro atoms. The Morgan fingerprint density at radius 2 is 1.78 bits per heavy atom. The van der Waals surface area contributed by atoms with Gasteiger partial charge in [0.1, 0.15) is 5.25 Å². The van der Waals surface area contributed by atoms with Crippen LogP contribution in [0.2, 0.25) is 0 Å². The van der Waals surface area contributed by atoms with Crippen LogP contribution in [0, 0.1) is 27.7 Å². The average molecular weight is 382 g/mol. The van der Waals surface area contributed by atoms with E-state index >= 15 is 0 Å². The third-order valence-corrected chi connectivity index (χ3v) is 5.70. The van der Waals surface area contributed by atoms with Crippen molar-refractivity contribution in [1.82, 2.24) is 5.32 Å². The van der Waals surface area contributed by atoms with Crippen LogP contribution in [0.25, 0.3) is 0 Å². The molecule has 2 aromatic rings. The van der Waals surface area contributed by atoms with E-state index in [-0.39, 0.29) is 18.2 Å². The molecule has 0 radical (unpaired) electrons. The quantitative estimate of drug-likeness (QED) is 0.835. The Hall–Kier alpha value is -2.60. The monoisotopic (exact) mass is 381 g/mol. The summed E-state index contributed by atoms with van der Waals surface area (Å²) in [7, 11) is 0. The number of aryl methyl sites for hydroxylation is 4. The van der Waals surface area contributed by atoms with Gasteiger partial charge in [0.05, 0.1) is 5.69 Å². The van der Waals surface area contributed by atoms with E-state index in [1.165, 1.54) is 17.3 Å². The standard InChI is InChI=1S/C21H23N3O2S/c1-12-8-9-16(10-15(12)4)22-21-24-20(26)17(27-21)11-18(25)23-19-13(2)6-5-7-14(19)3/h5-10,17H,11H2,1-4H3,(H,23,25)(H,22,24,26)/t17-/m0/s1. The van der Waals surface area contributed by atoms with Crippen LogP contribution in [0.5, 0.6) is 0 Å². The molecule has 1 fully saturated rings. The SMILES string of the molecule is Cc1ccc(N=C2NC(=O)[C@H](CC(=O)Nc3c(C)cccc3C)S2)cc1C. The van der Waals surface area contributed by atoms with Crippen molar-refractivity contribution in [3.8, 4) is 0 Å². The minimum Gasteiger partial charge on any atom is -0.326 e. The number of nitrogens with zero attached hydrogens (tertiary/aromatic N) is 1. The summed E-state index contributed by atoms with van der Waals surface area (Å²) in [6.45, 7) is 7.98. The maximum atomic E-state index is 12.4. The van der Waals surface area contributed by atoms with E-state index in [0.717, 1.165) is 28.1 Å². The number of rotatable bonds is 4. The lowest BCUT2D eigenvalue weighted by atomic mass is 10.1. The molecule has 1 aliphatic rings. The first-order chi connectivity index (χ1) is 12.8. The molecule has 3 rings (SSSR count). The maximum absolute atomic E-state index is 12.4. The third kappa shape index (κ3) is 4.57. The summed E-state index contributed by atoms with van der Waals surface area (Å²) in [4.78, 5) is 29.1. The number of hydrogen-bond acceptors (Lipinski definition) is 4. The molecule has 1 saturated heterocycles. The molecule has 0 unspecified atom stereocenters. The van der Waals surface area contributed by atoms with Crippen LogP contribution in [-0.2, 0) is 9.59 Å². The molecule has 0 aromatic heterocycles. The van der Waals surface area contributed by atoms with Gasteiger partial charge in [-0.25, -0.2) is 4.99 Å². The van der Waals surface area contributed by atoms with Crippen molar-refractivity contribution in [3.05, 3.63) is 58.7 Å². The van der Waals surface area contributed by atoms with E-state index in [1.807, 2.05) is 64.1 Å². The first kappa shape index (κ1) is 19.2. The van der Waals surface area contributed by atoms with Crippen LogP contribution in [0.4, 0.5) is 11.4 Å². The number of aliphatic imine (C=N–C) groups is 1. The highest BCUT2D eigenvalue weighted by atomic mass is 32.2. The molecule has 1 aliphatic heterocycles. The number of amides is 2. The Morgan fingerprint density at radius 3 is 2.44 bits per heavy atom. The van der Waals surface area contributed by atoms with Crippen LogP contribution in [0.1, 0.15) is 28.7 Å². The van der Waals surface area contributed by atoms with Crippen molar-refractivity contribution >= 4 is 40.1 Å². The summed E-state index contributed by atoms with van der Waals surface area (Å²) in [6.07, 6.45) is 0.107. The molecular formula is C21H23N3O2S. The summed E-state index contributed by atoms with van der Waals surface area (Å²) in [5.74, 6) is -0.355. The fraction of sp³-hybridized carbons (Fsp3) is 0.286. The highest BCUT2D eigenvalue weighted by Gasteiger charge is 2.32. The molecule has 6 heteroatoms. The molecule has 0 aliphatic carbocycles. The number of para-hydroxylation sites is 1. The minimum absolute atomic E-state index is 0.107. The van der Waals surface area contributed by atoms with Gasteiger partial charge in [0, 0.05) is 12.1 Å². The smallest absolute Gasteiger partial charge is 0.240 e. The number of anilines is 1. The van der Waals surface area contributed by atoms with Gasteiger partial charge in [-0.3, -0.25) is 9.59 Å². The highest BCUT2D eigenvalue weighted by Crippen LogP contribution is 2.27. The number of benzene rings is 2. The molecule has 1 heterocycles. The van der Waals surface area contributed by atoms with E-state index in [1.54, 1.807) is 0 Å². The topological polar surface area (TPSA) is 70.6 Å². The third-order valence-electron chi connectivity index (χ3n) is 4.61. The summed E-state index contributed by atoms with van der Waals surface area (Å²) in [6, 6.07) is 11.8. The van der Waals surface area contributed by atoms with Crippen LogP contribution in [0.15, 0.2) is 41.4 Å². The molecule has 140 valence electrons. The van der Waals surface area contributed by atoms with Gasteiger partial charge in [-0.05, 0) is 62.1 Å². The van der Waals surface area contributed by atoms with Crippen LogP contribution < -0.4 is 10.6 Å². The van der Waals surface area contributed by atoms with Crippen molar-refractivity contribution in [3.63, 3.8) is 0 Å². The van der Waals surface area contributed by atoms with Gasteiger partial charge in [-0.1, -0.05) is 36.0 Å². The molecule has 1 atom stereocenters. The van der Waals surface area contributed by atoms with Gasteiger partial charge in [0.15, 0.2) is 5.17 Å². The zero-order valence-electron chi connectivity index (χ0n) is 15.9. The van der Waals surface area contributed by atoms with Gasteiger partial charge in [0.2, 0.25) is 11.8 Å². The molecular weight excluding hydrogens is 358 g/mol. The lowest BCUT2D eigenvalue weighted by Gasteiger charge is -2.12. The van der Waals surface area contributed by atoms with Gasteiger partial charge < -0.3 is 10.6 Å². The largest absolute Gasteiger partial charge is 0.326 e. The second-order valence-corrected chi connectivity index (χ2v) is 7.99. The number of carbonyl (C=O) groups excluding carboxylic acids is 2. The van der Waals surface area contributed by atoms with Crippen molar-refractivity contribution in [2.75, 3.05) is 5.32 Å². The van der Waals surface area contributed by atoms with Crippen LogP contribution in [-0.4, -0.2) is 22.2 Å². The first-order valence-corrected chi connectivity index (χ1v) is 9.71. The Labute approximate surface area is 163 Å². The predicted molar refractivity (Wildman–Crippen MR) is 112 cm³/mol. The van der Waals surface area contributed by atoms with Gasteiger partial charge in [0.25, 0.3) is 0 Å². The summed E-state index contributed by atoms with van der Waals surface area (Å²) >= 11 is 1.30. The molecule has 0 saturated carbocycles. The molecule has 27 heavy (non-hydrogen) atoms. The Kier molecular flexibility index (Phi) is 5.65. The predicted octanol–water partition coefficient (Wildman–Crippen LogP) is 4.17. The van der Waals surface area contributed by atoms with Crippen molar-refractivity contribution < 1.29 is 9.59 Å². The summed E-state index contributed by atoms with van der Waals surface area (Å²) in [5, 5.41) is 5.77. The minimum atomic E-state index is -0.473. The lowest BCUT2D eigenvalue weighted by molar-refractivity contribution is -0.122. The molecule has 2 amide bonds. The van der Waals surface area contributed by atoms with Crippen LogP contribution >= 0.6 is 11.8 Å². The first-order valence-electron chi connectivity index (χ1n) is 8.83. The molecule has 0 bridgehead atoms. The number of amidine groups is 1. The van der Waals surface area contributed by atoms with E-state index in [0.29, 0.717) is 5.17 Å². The average Bonchev–Trinajstić information content (AvgIpc) is 2.94. The van der Waals surface area contributed by atoms with Crippen molar-refractivity contribution in [1.29, 1.82) is 0 Å². The highest BCUT2D eigenvalue weighted by molar-refractivity contribution is 8.15. The van der Waals surface area contributed by atoms with Crippen LogP contribution in [0.3, 0.4) is 0 Å². The second kappa shape index (κ2) is 7.96. The van der Waals surface area contributed by atoms with Crippen molar-refractivity contribution in [2.45, 2.75) is 39.4 Å². The fourth-order valence-electron chi connectivity index (χ4n) is 2.88. The molecule has 5 nitrogen and oxygen atoms in total. The van der Waals surface area contributed by atoms with Gasteiger partial charge in [-0.15, -0.1) is 0 Å². The van der Waals surface area contributed by atoms with E-state index in [9.17, 15) is 9.59 Å². The fourth-order valence-corrected chi connectivity index (χ4v) is 3.86. The molecule has 2 N–H and O–H groups in total. The zero-order chi connectivity index (χ0) is 19.6. The number of carbonyl (C=O) groups is 2. The van der Waals surface area contributed by atoms with E-state index in [2.05, 4.69) is 15.6 Å².